The van der Waals surface area contributed by atoms with Crippen LogP contribution in [-0.2, 0) is 4.74 Å². The predicted molar refractivity (Wildman–Crippen MR) is 120 cm³/mol. The zero-order chi connectivity index (χ0) is 22.0. The van der Waals surface area contributed by atoms with Crippen molar-refractivity contribution in [2.75, 3.05) is 51.9 Å². The number of piperazine rings is 1. The monoisotopic (exact) mass is 444 g/mol. The number of carbonyl (C=O) groups excluding carboxylic acids is 1. The van der Waals surface area contributed by atoms with E-state index >= 15 is 0 Å². The van der Waals surface area contributed by atoms with Gasteiger partial charge in [0.2, 0.25) is 0 Å². The minimum absolute atomic E-state index is 0.248. The molecule has 1 saturated heterocycles. The first-order chi connectivity index (χ1) is 15.0. The standard InChI is InChI=1S/C22H25ClN4O4/c1-4-31-22(28)26-9-7-25(8-10-26)15-5-6-27-14-18(24-21(27)11-15)16-12-17(23)20(30-3)13-19(16)29-2/h5-6,11-14H,4,7-10H2,1-3H3. The lowest BCUT2D eigenvalue weighted by atomic mass is 10.1. The number of anilines is 1. The van der Waals surface area contributed by atoms with E-state index in [1.165, 1.54) is 0 Å². The Morgan fingerprint density at radius 2 is 1.84 bits per heavy atom. The number of carbonyl (C=O) groups is 1. The average molecular weight is 445 g/mol. The lowest BCUT2D eigenvalue weighted by molar-refractivity contribution is 0.105. The van der Waals surface area contributed by atoms with Crippen LogP contribution in [0.3, 0.4) is 0 Å². The summed E-state index contributed by atoms with van der Waals surface area (Å²) < 4.78 is 17.9. The van der Waals surface area contributed by atoms with Crippen molar-refractivity contribution < 1.29 is 19.0 Å². The third-order valence-electron chi connectivity index (χ3n) is 5.36. The summed E-state index contributed by atoms with van der Waals surface area (Å²) in [6.45, 7) is 4.95. The van der Waals surface area contributed by atoms with Gasteiger partial charge in [-0.15, -0.1) is 0 Å². The van der Waals surface area contributed by atoms with Crippen molar-refractivity contribution in [3.8, 4) is 22.8 Å². The number of hydrogen-bond acceptors (Lipinski definition) is 6. The molecule has 4 rings (SSSR count). The maximum absolute atomic E-state index is 11.9. The van der Waals surface area contributed by atoms with Gasteiger partial charge in [0.05, 0.1) is 31.5 Å². The highest BCUT2D eigenvalue weighted by atomic mass is 35.5. The molecule has 1 aliphatic rings. The Hall–Kier alpha value is -3.13. The highest BCUT2D eigenvalue weighted by Gasteiger charge is 2.22. The number of fused-ring (bicyclic) bond motifs is 1. The molecule has 1 amide bonds. The van der Waals surface area contributed by atoms with Gasteiger partial charge in [-0.2, -0.15) is 0 Å². The Labute approximate surface area is 185 Å². The number of methoxy groups -OCH3 is 2. The van der Waals surface area contributed by atoms with Crippen LogP contribution >= 0.6 is 11.6 Å². The Balaban J connectivity index is 1.57. The van der Waals surface area contributed by atoms with Crippen molar-refractivity contribution in [2.45, 2.75) is 6.92 Å². The molecular weight excluding hydrogens is 420 g/mol. The lowest BCUT2D eigenvalue weighted by Gasteiger charge is -2.35. The van der Waals surface area contributed by atoms with Gasteiger partial charge in [0.1, 0.15) is 17.1 Å². The smallest absolute Gasteiger partial charge is 0.409 e. The molecule has 1 aliphatic heterocycles. The summed E-state index contributed by atoms with van der Waals surface area (Å²) in [5, 5.41) is 0.496. The third kappa shape index (κ3) is 4.20. The fourth-order valence-corrected chi connectivity index (χ4v) is 3.96. The van der Waals surface area contributed by atoms with E-state index in [0.717, 1.165) is 35.7 Å². The molecule has 0 aliphatic carbocycles. The number of pyridine rings is 1. The molecule has 3 aromatic rings. The van der Waals surface area contributed by atoms with Gasteiger partial charge in [0.25, 0.3) is 0 Å². The molecule has 2 aromatic heterocycles. The van der Waals surface area contributed by atoms with Gasteiger partial charge in [0, 0.05) is 62.0 Å². The molecule has 0 N–H and O–H groups in total. The van der Waals surface area contributed by atoms with E-state index in [0.29, 0.717) is 36.2 Å². The van der Waals surface area contributed by atoms with Crippen molar-refractivity contribution >= 4 is 29.0 Å². The quantitative estimate of drug-likeness (QED) is 0.593. The fourth-order valence-electron chi connectivity index (χ4n) is 3.72. The van der Waals surface area contributed by atoms with E-state index in [-0.39, 0.29) is 6.09 Å². The van der Waals surface area contributed by atoms with E-state index in [1.807, 2.05) is 29.8 Å². The number of amides is 1. The van der Waals surface area contributed by atoms with Gasteiger partial charge in [-0.05, 0) is 19.1 Å². The summed E-state index contributed by atoms with van der Waals surface area (Å²) in [6, 6.07) is 7.66. The van der Waals surface area contributed by atoms with Crippen molar-refractivity contribution in [2.24, 2.45) is 0 Å². The molecule has 31 heavy (non-hydrogen) atoms. The van der Waals surface area contributed by atoms with Crippen molar-refractivity contribution in [1.82, 2.24) is 14.3 Å². The van der Waals surface area contributed by atoms with E-state index in [4.69, 9.17) is 30.8 Å². The van der Waals surface area contributed by atoms with Crippen LogP contribution in [0.2, 0.25) is 5.02 Å². The van der Waals surface area contributed by atoms with Crippen LogP contribution < -0.4 is 14.4 Å². The maximum atomic E-state index is 11.9. The van der Waals surface area contributed by atoms with E-state index in [2.05, 4.69) is 11.0 Å². The van der Waals surface area contributed by atoms with Crippen LogP contribution in [0.1, 0.15) is 6.92 Å². The number of imidazole rings is 1. The molecule has 1 aromatic carbocycles. The normalized spacial score (nSPS) is 14.1. The Bertz CT molecular complexity index is 1090. The van der Waals surface area contributed by atoms with Crippen molar-refractivity contribution in [3.05, 3.63) is 41.7 Å². The zero-order valence-corrected chi connectivity index (χ0v) is 18.6. The van der Waals surface area contributed by atoms with Gasteiger partial charge in [0.15, 0.2) is 0 Å². The molecule has 0 bridgehead atoms. The highest BCUT2D eigenvalue weighted by Crippen LogP contribution is 2.38. The molecule has 3 heterocycles. The summed E-state index contributed by atoms with van der Waals surface area (Å²) in [5.41, 5.74) is 3.43. The van der Waals surface area contributed by atoms with E-state index in [1.54, 1.807) is 31.3 Å². The highest BCUT2D eigenvalue weighted by molar-refractivity contribution is 6.32. The number of rotatable bonds is 5. The van der Waals surface area contributed by atoms with E-state index < -0.39 is 0 Å². The van der Waals surface area contributed by atoms with Gasteiger partial charge >= 0.3 is 6.09 Å². The maximum Gasteiger partial charge on any atom is 0.409 e. The van der Waals surface area contributed by atoms with Crippen LogP contribution in [0, 0.1) is 0 Å². The molecular formula is C22H25ClN4O4. The van der Waals surface area contributed by atoms with Crippen LogP contribution in [0.15, 0.2) is 36.7 Å². The second kappa shape index (κ2) is 8.93. The summed E-state index contributed by atoms with van der Waals surface area (Å²) in [6.07, 6.45) is 3.68. The SMILES string of the molecule is CCOC(=O)N1CCN(c2ccn3cc(-c4cc(Cl)c(OC)cc4OC)nc3c2)CC1. The number of nitrogens with zero attached hydrogens (tertiary/aromatic N) is 4. The first kappa shape index (κ1) is 21.1. The van der Waals surface area contributed by atoms with Gasteiger partial charge in [-0.1, -0.05) is 11.6 Å². The number of benzene rings is 1. The zero-order valence-electron chi connectivity index (χ0n) is 17.8. The van der Waals surface area contributed by atoms with E-state index in [9.17, 15) is 4.79 Å². The molecule has 0 saturated carbocycles. The molecule has 0 radical (unpaired) electrons. The predicted octanol–water partition coefficient (Wildman–Crippen LogP) is 3.95. The van der Waals surface area contributed by atoms with Crippen molar-refractivity contribution in [3.63, 3.8) is 0 Å². The summed E-state index contributed by atoms with van der Waals surface area (Å²) >= 11 is 6.33. The van der Waals surface area contributed by atoms with Gasteiger partial charge in [-0.25, -0.2) is 9.78 Å². The minimum Gasteiger partial charge on any atom is -0.496 e. The molecule has 9 heteroatoms. The number of hydrogen-bond donors (Lipinski definition) is 0. The fraction of sp³-hybridized carbons (Fsp3) is 0.364. The number of aromatic nitrogens is 2. The number of halogens is 1. The molecule has 0 unspecified atom stereocenters. The van der Waals surface area contributed by atoms with Crippen LogP contribution in [0.25, 0.3) is 16.9 Å². The largest absolute Gasteiger partial charge is 0.496 e. The van der Waals surface area contributed by atoms with Crippen LogP contribution in [0.4, 0.5) is 10.5 Å². The number of ether oxygens (including phenoxy) is 3. The first-order valence-corrected chi connectivity index (χ1v) is 10.5. The molecule has 8 nitrogen and oxygen atoms in total. The Morgan fingerprint density at radius 1 is 1.10 bits per heavy atom. The van der Waals surface area contributed by atoms with Crippen LogP contribution in [-0.4, -0.2) is 67.4 Å². The lowest BCUT2D eigenvalue weighted by Crippen LogP contribution is -2.49. The minimum atomic E-state index is -0.248. The summed E-state index contributed by atoms with van der Waals surface area (Å²) in [7, 11) is 3.18. The summed E-state index contributed by atoms with van der Waals surface area (Å²) in [4.78, 5) is 20.7. The second-order valence-corrected chi connectivity index (χ2v) is 7.54. The second-order valence-electron chi connectivity index (χ2n) is 7.14. The third-order valence-corrected chi connectivity index (χ3v) is 5.66. The van der Waals surface area contributed by atoms with Gasteiger partial charge in [-0.3, -0.25) is 0 Å². The first-order valence-electron chi connectivity index (χ1n) is 10.1. The molecule has 164 valence electrons. The van der Waals surface area contributed by atoms with Crippen LogP contribution in [0.5, 0.6) is 11.5 Å². The molecule has 0 spiro atoms. The Morgan fingerprint density at radius 3 is 2.52 bits per heavy atom. The average Bonchev–Trinajstić information content (AvgIpc) is 3.22. The molecule has 1 fully saturated rings. The molecule has 0 atom stereocenters. The van der Waals surface area contributed by atoms with Crippen molar-refractivity contribution in [1.29, 1.82) is 0 Å². The summed E-state index contributed by atoms with van der Waals surface area (Å²) in [5.74, 6) is 1.19. The topological polar surface area (TPSA) is 68.5 Å². The Kier molecular flexibility index (Phi) is 6.08. The van der Waals surface area contributed by atoms with Gasteiger partial charge < -0.3 is 28.4 Å².